The smallest absolute Gasteiger partial charge is 0.416 e. The van der Waals surface area contributed by atoms with Gasteiger partial charge in [0.1, 0.15) is 11.8 Å². The Hall–Kier alpha value is -3.78. The lowest BCUT2D eigenvalue weighted by Crippen LogP contribution is -2.28. The van der Waals surface area contributed by atoms with Gasteiger partial charge in [0.05, 0.1) is 12.2 Å². The van der Waals surface area contributed by atoms with Gasteiger partial charge in [-0.05, 0) is 42.3 Å². The number of carboxylic acids is 1. The van der Waals surface area contributed by atoms with E-state index in [1.165, 1.54) is 12.1 Å². The summed E-state index contributed by atoms with van der Waals surface area (Å²) in [7, 11) is 0. The van der Waals surface area contributed by atoms with Gasteiger partial charge in [0.2, 0.25) is 0 Å². The average Bonchev–Trinajstić information content (AvgIpc) is 3.17. The molecule has 0 aliphatic rings. The maximum atomic E-state index is 13.1. The number of hydrogen-bond acceptors (Lipinski definition) is 3. The van der Waals surface area contributed by atoms with E-state index in [0.717, 1.165) is 23.2 Å². The molecule has 2 N–H and O–H groups in total. The summed E-state index contributed by atoms with van der Waals surface area (Å²) in [6.45, 7) is 2.81. The van der Waals surface area contributed by atoms with Crippen LogP contribution >= 0.6 is 0 Å². The van der Waals surface area contributed by atoms with Gasteiger partial charge >= 0.3 is 12.1 Å². The van der Waals surface area contributed by atoms with Crippen LogP contribution in [0.1, 0.15) is 35.2 Å². The van der Waals surface area contributed by atoms with E-state index in [1.54, 1.807) is 12.3 Å². The van der Waals surface area contributed by atoms with Crippen molar-refractivity contribution in [2.75, 3.05) is 6.61 Å². The molecule has 0 aliphatic heterocycles. The second-order valence-electron chi connectivity index (χ2n) is 8.16. The fraction of sp³-hybridized carbons (Fsp3) is 0.222. The topological polar surface area (TPSA) is 63.5 Å². The minimum absolute atomic E-state index is 0.0443. The molecule has 0 saturated carbocycles. The molecule has 8 heteroatoms. The number of hydrogen-bond donors (Lipinski definition) is 2. The molecule has 0 amide bonds. The SMILES string of the molecule is CCOc1ccc2c(c1)c(C(NCc1cccc(C(F)(F)F)c1)C(=O)O)cn2Cc1ccccc1. The van der Waals surface area contributed by atoms with Crippen LogP contribution in [-0.4, -0.2) is 22.2 Å². The zero-order valence-corrected chi connectivity index (χ0v) is 19.0. The highest BCUT2D eigenvalue weighted by molar-refractivity contribution is 5.90. The lowest BCUT2D eigenvalue weighted by Gasteiger charge is -2.15. The Balaban J connectivity index is 1.70. The number of benzene rings is 3. The van der Waals surface area contributed by atoms with Crippen molar-refractivity contribution in [2.45, 2.75) is 32.2 Å². The van der Waals surface area contributed by atoms with E-state index in [1.807, 2.05) is 54.0 Å². The number of rotatable bonds is 9. The Morgan fingerprint density at radius 3 is 2.46 bits per heavy atom. The number of fused-ring (bicyclic) bond motifs is 1. The van der Waals surface area contributed by atoms with Crippen LogP contribution in [-0.2, 0) is 24.1 Å². The van der Waals surface area contributed by atoms with Crippen molar-refractivity contribution >= 4 is 16.9 Å². The van der Waals surface area contributed by atoms with Crippen molar-refractivity contribution in [3.05, 3.63) is 101 Å². The van der Waals surface area contributed by atoms with Crippen LogP contribution in [0.3, 0.4) is 0 Å². The Morgan fingerprint density at radius 1 is 1.03 bits per heavy atom. The highest BCUT2D eigenvalue weighted by Crippen LogP contribution is 2.32. The van der Waals surface area contributed by atoms with E-state index >= 15 is 0 Å². The summed E-state index contributed by atoms with van der Waals surface area (Å²) in [6.07, 6.45) is -2.69. The molecule has 0 spiro atoms. The third-order valence-electron chi connectivity index (χ3n) is 5.71. The van der Waals surface area contributed by atoms with Crippen molar-refractivity contribution in [3.63, 3.8) is 0 Å². The molecule has 1 atom stereocenters. The molecular formula is C27H25F3N2O3. The van der Waals surface area contributed by atoms with Crippen LogP contribution in [0, 0.1) is 0 Å². The third kappa shape index (κ3) is 5.66. The maximum Gasteiger partial charge on any atom is 0.416 e. The van der Waals surface area contributed by atoms with Gasteiger partial charge in [-0.25, -0.2) is 0 Å². The fourth-order valence-electron chi connectivity index (χ4n) is 4.11. The third-order valence-corrected chi connectivity index (χ3v) is 5.71. The lowest BCUT2D eigenvalue weighted by atomic mass is 10.0. The number of carboxylic acid groups (broad SMARTS) is 1. The van der Waals surface area contributed by atoms with Crippen LogP contribution in [0.25, 0.3) is 10.9 Å². The Morgan fingerprint density at radius 2 is 1.77 bits per heavy atom. The molecule has 1 aromatic heterocycles. The number of ether oxygens (including phenoxy) is 1. The van der Waals surface area contributed by atoms with Crippen LogP contribution < -0.4 is 10.1 Å². The van der Waals surface area contributed by atoms with Crippen LogP contribution in [0.5, 0.6) is 5.75 Å². The minimum Gasteiger partial charge on any atom is -0.494 e. The summed E-state index contributed by atoms with van der Waals surface area (Å²) in [5, 5.41) is 13.7. The van der Waals surface area contributed by atoms with Crippen molar-refractivity contribution in [2.24, 2.45) is 0 Å². The summed E-state index contributed by atoms with van der Waals surface area (Å²) >= 11 is 0. The highest BCUT2D eigenvalue weighted by Gasteiger charge is 2.30. The molecule has 35 heavy (non-hydrogen) atoms. The Labute approximate surface area is 200 Å². The van der Waals surface area contributed by atoms with Crippen LogP contribution in [0.4, 0.5) is 13.2 Å². The van der Waals surface area contributed by atoms with Crippen molar-refractivity contribution < 1.29 is 27.8 Å². The molecular weight excluding hydrogens is 457 g/mol. The molecule has 4 aromatic rings. The predicted octanol–water partition coefficient (Wildman–Crippen LogP) is 6.02. The van der Waals surface area contributed by atoms with Crippen molar-refractivity contribution in [3.8, 4) is 5.75 Å². The van der Waals surface area contributed by atoms with Crippen LogP contribution in [0.15, 0.2) is 79.0 Å². The zero-order chi connectivity index (χ0) is 25.0. The maximum absolute atomic E-state index is 13.1. The number of nitrogens with one attached hydrogen (secondary N) is 1. The van der Waals surface area contributed by atoms with E-state index in [9.17, 15) is 23.1 Å². The summed E-state index contributed by atoms with van der Waals surface area (Å²) in [5.74, 6) is -0.515. The van der Waals surface area contributed by atoms with Gasteiger partial charge in [-0.3, -0.25) is 10.1 Å². The Bertz CT molecular complexity index is 1320. The molecule has 0 radical (unpaired) electrons. The summed E-state index contributed by atoms with van der Waals surface area (Å²) in [6, 6.07) is 19.0. The van der Waals surface area contributed by atoms with E-state index in [-0.39, 0.29) is 6.54 Å². The molecule has 4 rings (SSSR count). The van der Waals surface area contributed by atoms with Gasteiger partial charge in [-0.2, -0.15) is 13.2 Å². The fourth-order valence-corrected chi connectivity index (χ4v) is 4.11. The predicted molar refractivity (Wildman–Crippen MR) is 127 cm³/mol. The summed E-state index contributed by atoms with van der Waals surface area (Å²) in [5.41, 5.74) is 1.96. The summed E-state index contributed by atoms with van der Waals surface area (Å²) in [4.78, 5) is 12.3. The molecule has 0 fully saturated rings. The molecule has 182 valence electrons. The first-order chi connectivity index (χ1) is 16.8. The lowest BCUT2D eigenvalue weighted by molar-refractivity contribution is -0.140. The van der Waals surface area contributed by atoms with Gasteiger partial charge in [0, 0.05) is 35.8 Å². The molecule has 0 saturated heterocycles. The molecule has 1 heterocycles. The molecule has 0 aliphatic carbocycles. The molecule has 0 bridgehead atoms. The largest absolute Gasteiger partial charge is 0.494 e. The first kappa shape index (κ1) is 24.3. The number of halogens is 3. The van der Waals surface area contributed by atoms with E-state index < -0.39 is 23.8 Å². The van der Waals surface area contributed by atoms with E-state index in [0.29, 0.717) is 35.4 Å². The van der Waals surface area contributed by atoms with Gasteiger partial charge < -0.3 is 14.4 Å². The second kappa shape index (κ2) is 10.2. The number of nitrogens with zero attached hydrogens (tertiary/aromatic N) is 1. The normalized spacial score (nSPS) is 12.6. The van der Waals surface area contributed by atoms with Gasteiger partial charge in [-0.1, -0.05) is 48.5 Å². The Kier molecular flexibility index (Phi) is 7.12. The van der Waals surface area contributed by atoms with Crippen LogP contribution in [0.2, 0.25) is 0 Å². The number of alkyl halides is 3. The molecule has 1 unspecified atom stereocenters. The summed E-state index contributed by atoms with van der Waals surface area (Å²) < 4.78 is 46.9. The highest BCUT2D eigenvalue weighted by atomic mass is 19.4. The second-order valence-corrected chi connectivity index (χ2v) is 8.16. The van der Waals surface area contributed by atoms with E-state index in [2.05, 4.69) is 5.32 Å². The van der Waals surface area contributed by atoms with Gasteiger partial charge in [-0.15, -0.1) is 0 Å². The molecule has 3 aromatic carbocycles. The minimum atomic E-state index is -4.47. The number of aliphatic carboxylic acids is 1. The van der Waals surface area contributed by atoms with E-state index in [4.69, 9.17) is 4.74 Å². The average molecular weight is 483 g/mol. The first-order valence-corrected chi connectivity index (χ1v) is 11.2. The number of carbonyl (C=O) groups is 1. The molecule has 5 nitrogen and oxygen atoms in total. The van der Waals surface area contributed by atoms with Gasteiger partial charge in [0.25, 0.3) is 0 Å². The first-order valence-electron chi connectivity index (χ1n) is 11.2. The van der Waals surface area contributed by atoms with Gasteiger partial charge in [0.15, 0.2) is 0 Å². The number of aromatic nitrogens is 1. The van der Waals surface area contributed by atoms with Crippen molar-refractivity contribution in [1.82, 2.24) is 9.88 Å². The zero-order valence-electron chi connectivity index (χ0n) is 19.0. The monoisotopic (exact) mass is 482 g/mol. The standard InChI is InChI=1S/C27H25F3N2O3/c1-2-35-21-11-12-24-22(14-21)23(17-32(24)16-18-7-4-3-5-8-18)25(26(33)34)31-15-19-9-6-10-20(13-19)27(28,29)30/h3-14,17,25,31H,2,15-16H2,1H3,(H,33,34). The van der Waals surface area contributed by atoms with Crippen molar-refractivity contribution in [1.29, 1.82) is 0 Å². The quantitative estimate of drug-likeness (QED) is 0.306.